The molecule has 8 heteroatoms. The molecule has 0 spiro atoms. The molecular weight excluding hydrogens is 300 g/mol. The van der Waals surface area contributed by atoms with Crippen molar-refractivity contribution in [3.05, 3.63) is 33.3 Å². The predicted octanol–water partition coefficient (Wildman–Crippen LogP) is 2.47. The van der Waals surface area contributed by atoms with Crippen LogP contribution in [0.3, 0.4) is 0 Å². The number of rotatable bonds is 8. The molecule has 7 nitrogen and oxygen atoms in total. The third-order valence-electron chi connectivity index (χ3n) is 2.87. The summed E-state index contributed by atoms with van der Waals surface area (Å²) >= 11 is 5.78. The van der Waals surface area contributed by atoms with Gasteiger partial charge in [0, 0.05) is 17.2 Å². The van der Waals surface area contributed by atoms with E-state index in [0.29, 0.717) is 6.54 Å². The van der Waals surface area contributed by atoms with Gasteiger partial charge in [0.2, 0.25) is 0 Å². The number of hydrogen-bond acceptors (Lipinski definition) is 5. The first-order chi connectivity index (χ1) is 9.80. The second-order valence-corrected chi connectivity index (χ2v) is 5.16. The minimum Gasteiger partial charge on any atom is -0.484 e. The normalized spacial score (nSPS) is 13.5. The Morgan fingerprint density at radius 1 is 1.57 bits per heavy atom. The van der Waals surface area contributed by atoms with Crippen molar-refractivity contribution >= 4 is 23.3 Å². The fraction of sp³-hybridized carbons (Fsp3) is 0.462. The van der Waals surface area contributed by atoms with Crippen LogP contribution in [-0.4, -0.2) is 34.7 Å². The number of nitro benzene ring substituents is 1. The van der Waals surface area contributed by atoms with E-state index >= 15 is 0 Å². The average Bonchev–Trinajstić information content (AvgIpc) is 2.42. The van der Waals surface area contributed by atoms with Crippen molar-refractivity contribution < 1.29 is 19.6 Å². The summed E-state index contributed by atoms with van der Waals surface area (Å²) in [4.78, 5) is 21.6. The summed E-state index contributed by atoms with van der Waals surface area (Å²) < 4.78 is 5.33. The van der Waals surface area contributed by atoms with Crippen LogP contribution in [0.5, 0.6) is 5.75 Å². The van der Waals surface area contributed by atoms with Crippen LogP contribution in [0.4, 0.5) is 5.69 Å². The van der Waals surface area contributed by atoms with Crippen LogP contribution in [-0.2, 0) is 4.79 Å². The lowest BCUT2D eigenvalue weighted by Gasteiger charge is -2.26. The molecule has 0 fully saturated rings. The van der Waals surface area contributed by atoms with Crippen molar-refractivity contribution in [3.8, 4) is 5.75 Å². The van der Waals surface area contributed by atoms with Gasteiger partial charge in [0.25, 0.3) is 0 Å². The smallest absolute Gasteiger partial charge is 0.327 e. The monoisotopic (exact) mass is 316 g/mol. The molecule has 21 heavy (non-hydrogen) atoms. The van der Waals surface area contributed by atoms with Gasteiger partial charge >= 0.3 is 11.7 Å². The van der Waals surface area contributed by atoms with E-state index in [1.54, 1.807) is 0 Å². The van der Waals surface area contributed by atoms with Crippen LogP contribution >= 0.6 is 11.6 Å². The molecule has 0 radical (unpaired) electrons. The number of nitrogens with one attached hydrogen (secondary N) is 1. The second-order valence-electron chi connectivity index (χ2n) is 4.72. The molecule has 0 aliphatic rings. The number of hydrogen-bond donors (Lipinski definition) is 2. The minimum absolute atomic E-state index is 0.0572. The van der Waals surface area contributed by atoms with Crippen molar-refractivity contribution in [2.24, 2.45) is 0 Å². The van der Waals surface area contributed by atoms with Gasteiger partial charge in [0.15, 0.2) is 5.75 Å². The maximum absolute atomic E-state index is 11.3. The van der Waals surface area contributed by atoms with E-state index in [2.05, 4.69) is 5.32 Å². The van der Waals surface area contributed by atoms with E-state index in [-0.39, 0.29) is 23.1 Å². The number of carboxylic acids is 1. The van der Waals surface area contributed by atoms with Crippen LogP contribution in [0.25, 0.3) is 0 Å². The molecule has 116 valence electrons. The highest BCUT2D eigenvalue weighted by molar-refractivity contribution is 6.30. The summed E-state index contributed by atoms with van der Waals surface area (Å²) in [6.45, 7) is 3.59. The number of carboxylic acid groups (broad SMARTS) is 1. The fourth-order valence-electron chi connectivity index (χ4n) is 1.57. The number of aliphatic carboxylic acids is 1. The van der Waals surface area contributed by atoms with Crippen molar-refractivity contribution in [3.63, 3.8) is 0 Å². The first-order valence-corrected chi connectivity index (χ1v) is 6.73. The molecule has 1 unspecified atom stereocenters. The Morgan fingerprint density at radius 2 is 2.24 bits per heavy atom. The minimum atomic E-state index is -1.34. The van der Waals surface area contributed by atoms with Crippen LogP contribution in [0.2, 0.25) is 5.02 Å². The number of halogens is 1. The van der Waals surface area contributed by atoms with Crippen molar-refractivity contribution in [2.45, 2.75) is 25.8 Å². The van der Waals surface area contributed by atoms with E-state index < -0.39 is 16.4 Å². The Balaban J connectivity index is 2.92. The Hall–Kier alpha value is -1.86. The second kappa shape index (κ2) is 7.24. The first-order valence-electron chi connectivity index (χ1n) is 6.35. The fourth-order valence-corrected chi connectivity index (χ4v) is 1.73. The van der Waals surface area contributed by atoms with Gasteiger partial charge in [-0.3, -0.25) is 20.2 Å². The predicted molar refractivity (Wildman–Crippen MR) is 77.9 cm³/mol. The summed E-state index contributed by atoms with van der Waals surface area (Å²) in [6, 6.07) is 3.88. The van der Waals surface area contributed by atoms with Crippen LogP contribution in [0, 0.1) is 10.1 Å². The molecule has 0 aromatic heterocycles. The zero-order valence-electron chi connectivity index (χ0n) is 11.8. The van der Waals surface area contributed by atoms with Crippen molar-refractivity contribution in [1.29, 1.82) is 0 Å². The Labute approximate surface area is 127 Å². The number of benzene rings is 1. The molecule has 0 saturated heterocycles. The third kappa shape index (κ3) is 4.57. The summed E-state index contributed by atoms with van der Waals surface area (Å²) in [7, 11) is 0. The number of nitrogens with zero attached hydrogens (tertiary/aromatic N) is 1. The number of carbonyl (C=O) groups is 1. The van der Waals surface area contributed by atoms with Gasteiger partial charge in [0.1, 0.15) is 12.1 Å². The van der Waals surface area contributed by atoms with Crippen molar-refractivity contribution in [2.75, 3.05) is 13.2 Å². The molecule has 0 aliphatic heterocycles. The van der Waals surface area contributed by atoms with E-state index in [0.717, 1.165) is 6.42 Å². The largest absolute Gasteiger partial charge is 0.484 e. The van der Waals surface area contributed by atoms with Gasteiger partial charge in [-0.2, -0.15) is 0 Å². The Morgan fingerprint density at radius 3 is 2.76 bits per heavy atom. The Kier molecular flexibility index (Phi) is 5.92. The highest BCUT2D eigenvalue weighted by atomic mass is 35.5. The summed E-state index contributed by atoms with van der Waals surface area (Å²) in [5, 5.41) is 23.3. The lowest BCUT2D eigenvalue weighted by atomic mass is 10.0. The van der Waals surface area contributed by atoms with Gasteiger partial charge in [0.05, 0.1) is 4.92 Å². The highest BCUT2D eigenvalue weighted by Gasteiger charge is 2.34. The maximum atomic E-state index is 11.3. The standard InChI is InChI=1S/C13H17ClN2O5/c1-3-6-15-13(2,12(17)18)8-21-11-7-9(14)4-5-10(11)16(19)20/h4-5,7,15H,3,6,8H2,1-2H3,(H,17,18). The zero-order valence-corrected chi connectivity index (χ0v) is 12.5. The van der Waals surface area contributed by atoms with Crippen LogP contribution < -0.4 is 10.1 Å². The molecule has 0 heterocycles. The van der Waals surface area contributed by atoms with E-state index in [4.69, 9.17) is 16.3 Å². The molecule has 0 saturated carbocycles. The molecule has 1 atom stereocenters. The van der Waals surface area contributed by atoms with Gasteiger partial charge in [-0.05, 0) is 26.0 Å². The van der Waals surface area contributed by atoms with E-state index in [1.807, 2.05) is 6.92 Å². The van der Waals surface area contributed by atoms with Crippen LogP contribution in [0.1, 0.15) is 20.3 Å². The summed E-state index contributed by atoms with van der Waals surface area (Å²) in [5.74, 6) is -1.15. The summed E-state index contributed by atoms with van der Waals surface area (Å²) in [6.07, 6.45) is 0.750. The van der Waals surface area contributed by atoms with Gasteiger partial charge < -0.3 is 9.84 Å². The SMILES string of the molecule is CCCNC(C)(COc1cc(Cl)ccc1[N+](=O)[O-])C(=O)O. The molecular formula is C13H17ClN2O5. The maximum Gasteiger partial charge on any atom is 0.327 e. The lowest BCUT2D eigenvalue weighted by Crippen LogP contribution is -2.54. The van der Waals surface area contributed by atoms with Gasteiger partial charge in [-0.15, -0.1) is 0 Å². The average molecular weight is 317 g/mol. The molecule has 0 bridgehead atoms. The van der Waals surface area contributed by atoms with E-state index in [9.17, 15) is 20.0 Å². The molecule has 0 aliphatic carbocycles. The topological polar surface area (TPSA) is 102 Å². The molecule has 1 rings (SSSR count). The molecule has 1 aromatic carbocycles. The number of nitro groups is 1. The Bertz CT molecular complexity index is 537. The van der Waals surface area contributed by atoms with Crippen molar-refractivity contribution in [1.82, 2.24) is 5.32 Å². The van der Waals surface area contributed by atoms with Gasteiger partial charge in [-0.1, -0.05) is 18.5 Å². The quantitative estimate of drug-likeness (QED) is 0.564. The first kappa shape index (κ1) is 17.2. The molecule has 2 N–H and O–H groups in total. The number of ether oxygens (including phenoxy) is 1. The molecule has 0 amide bonds. The molecule has 1 aromatic rings. The zero-order chi connectivity index (χ0) is 16.0. The third-order valence-corrected chi connectivity index (χ3v) is 3.11. The van der Waals surface area contributed by atoms with Crippen LogP contribution in [0.15, 0.2) is 18.2 Å². The lowest BCUT2D eigenvalue weighted by molar-refractivity contribution is -0.385. The van der Waals surface area contributed by atoms with Gasteiger partial charge in [-0.25, -0.2) is 0 Å². The summed E-state index contributed by atoms with van der Waals surface area (Å²) in [5.41, 5.74) is -1.60. The van der Waals surface area contributed by atoms with E-state index in [1.165, 1.54) is 25.1 Å². The highest BCUT2D eigenvalue weighted by Crippen LogP contribution is 2.30.